The summed E-state index contributed by atoms with van der Waals surface area (Å²) >= 11 is 0. The quantitative estimate of drug-likeness (QED) is 0.758. The molecule has 1 heterocycles. The Hall–Kier alpha value is -2.19. The van der Waals surface area contributed by atoms with Crippen LogP contribution in [0.5, 0.6) is 0 Å². The third-order valence-electron chi connectivity index (χ3n) is 3.67. The number of fused-ring (bicyclic) bond motifs is 1. The number of pyridine rings is 1. The molecular weight excluding hydrogens is 244 g/mol. The molecule has 2 heteroatoms. The molecule has 0 amide bonds. The van der Waals surface area contributed by atoms with Crippen LogP contribution in [0.2, 0.25) is 0 Å². The topological polar surface area (TPSA) is 38.9 Å². The van der Waals surface area contributed by atoms with E-state index in [0.29, 0.717) is 6.54 Å². The van der Waals surface area contributed by atoms with Crippen LogP contribution in [0.4, 0.5) is 0 Å². The monoisotopic (exact) mass is 262 g/mol. The van der Waals surface area contributed by atoms with Crippen molar-refractivity contribution in [3.63, 3.8) is 0 Å². The maximum atomic E-state index is 5.69. The van der Waals surface area contributed by atoms with Crippen LogP contribution in [0.3, 0.4) is 0 Å². The second-order valence-corrected chi connectivity index (χ2v) is 5.21. The molecule has 0 bridgehead atoms. The highest BCUT2D eigenvalue weighted by Gasteiger charge is 2.04. The van der Waals surface area contributed by atoms with Crippen molar-refractivity contribution >= 4 is 10.9 Å². The minimum absolute atomic E-state index is 0.585. The number of hydrogen-bond acceptors (Lipinski definition) is 2. The van der Waals surface area contributed by atoms with Gasteiger partial charge in [0.2, 0.25) is 0 Å². The van der Waals surface area contributed by atoms with E-state index in [1.54, 1.807) is 0 Å². The summed E-state index contributed by atoms with van der Waals surface area (Å²) in [6, 6.07) is 17.0. The van der Waals surface area contributed by atoms with Crippen molar-refractivity contribution < 1.29 is 0 Å². The van der Waals surface area contributed by atoms with Gasteiger partial charge in [-0.15, -0.1) is 0 Å². The lowest BCUT2D eigenvalue weighted by Gasteiger charge is -2.09. The first-order chi connectivity index (χ1) is 9.67. The van der Waals surface area contributed by atoms with E-state index in [0.717, 1.165) is 11.2 Å². The second kappa shape index (κ2) is 5.06. The Morgan fingerprint density at radius 3 is 2.55 bits per heavy atom. The van der Waals surface area contributed by atoms with Crippen molar-refractivity contribution in [2.75, 3.05) is 0 Å². The van der Waals surface area contributed by atoms with Crippen molar-refractivity contribution in [1.29, 1.82) is 0 Å². The van der Waals surface area contributed by atoms with Gasteiger partial charge < -0.3 is 5.73 Å². The van der Waals surface area contributed by atoms with Gasteiger partial charge in [0.1, 0.15) is 0 Å². The van der Waals surface area contributed by atoms with Gasteiger partial charge in [-0.2, -0.15) is 0 Å². The largest absolute Gasteiger partial charge is 0.326 e. The van der Waals surface area contributed by atoms with Crippen LogP contribution in [-0.2, 0) is 6.54 Å². The van der Waals surface area contributed by atoms with Crippen LogP contribution >= 0.6 is 0 Å². The smallest absolute Gasteiger partial charge is 0.0705 e. The maximum absolute atomic E-state index is 5.69. The average Bonchev–Trinajstić information content (AvgIpc) is 2.46. The van der Waals surface area contributed by atoms with E-state index in [2.05, 4.69) is 60.4 Å². The average molecular weight is 262 g/mol. The number of aromatic nitrogens is 1. The highest BCUT2D eigenvalue weighted by Crippen LogP contribution is 2.27. The molecule has 0 unspecified atom stereocenters. The highest BCUT2D eigenvalue weighted by molar-refractivity contribution is 5.85. The molecule has 0 radical (unpaired) electrons. The predicted molar refractivity (Wildman–Crippen MR) is 84.5 cm³/mol. The molecule has 2 aromatic carbocycles. The van der Waals surface area contributed by atoms with Crippen LogP contribution in [0.1, 0.15) is 16.8 Å². The molecular formula is C18H18N2. The van der Waals surface area contributed by atoms with E-state index in [-0.39, 0.29) is 0 Å². The standard InChI is InChI=1S/C18H18N2/c1-12-9-14(11-19)4-7-17(12)15-6-8-18-16(10-15)5-3-13(2)20-18/h3-10H,11,19H2,1-2H3. The Morgan fingerprint density at radius 1 is 0.950 bits per heavy atom. The van der Waals surface area contributed by atoms with E-state index in [9.17, 15) is 0 Å². The van der Waals surface area contributed by atoms with Crippen LogP contribution in [-0.4, -0.2) is 4.98 Å². The molecule has 0 saturated heterocycles. The molecule has 3 aromatic rings. The Bertz CT molecular complexity index is 775. The molecule has 0 saturated carbocycles. The van der Waals surface area contributed by atoms with Gasteiger partial charge in [0.15, 0.2) is 0 Å². The summed E-state index contributed by atoms with van der Waals surface area (Å²) in [5.74, 6) is 0. The van der Waals surface area contributed by atoms with Crippen LogP contribution in [0.25, 0.3) is 22.0 Å². The normalized spacial score (nSPS) is 10.9. The molecule has 0 aliphatic carbocycles. The second-order valence-electron chi connectivity index (χ2n) is 5.21. The van der Waals surface area contributed by atoms with Crippen LogP contribution < -0.4 is 5.73 Å². The van der Waals surface area contributed by atoms with Gasteiger partial charge in [0.25, 0.3) is 0 Å². The van der Waals surface area contributed by atoms with Gasteiger partial charge in [-0.25, -0.2) is 0 Å². The SMILES string of the molecule is Cc1ccc2cc(-c3ccc(CN)cc3C)ccc2n1. The molecule has 2 nitrogen and oxygen atoms in total. The van der Waals surface area contributed by atoms with Crippen molar-refractivity contribution in [1.82, 2.24) is 4.98 Å². The van der Waals surface area contributed by atoms with E-state index in [4.69, 9.17) is 5.73 Å². The van der Waals surface area contributed by atoms with Gasteiger partial charge in [-0.3, -0.25) is 4.98 Å². The zero-order chi connectivity index (χ0) is 14.1. The van der Waals surface area contributed by atoms with E-state index >= 15 is 0 Å². The lowest BCUT2D eigenvalue weighted by atomic mass is 9.97. The summed E-state index contributed by atoms with van der Waals surface area (Å²) in [7, 11) is 0. The molecule has 1 aromatic heterocycles. The molecule has 0 aliphatic heterocycles. The fraction of sp³-hybridized carbons (Fsp3) is 0.167. The molecule has 2 N–H and O–H groups in total. The molecule has 0 fully saturated rings. The van der Waals surface area contributed by atoms with Crippen molar-refractivity contribution in [2.24, 2.45) is 5.73 Å². The lowest BCUT2D eigenvalue weighted by molar-refractivity contribution is 1.07. The molecule has 100 valence electrons. The van der Waals surface area contributed by atoms with E-state index in [1.165, 1.54) is 27.6 Å². The summed E-state index contributed by atoms with van der Waals surface area (Å²) in [4.78, 5) is 4.54. The van der Waals surface area contributed by atoms with Gasteiger partial charge in [-0.1, -0.05) is 30.3 Å². The first-order valence-corrected chi connectivity index (χ1v) is 6.85. The zero-order valence-electron chi connectivity index (χ0n) is 11.9. The molecule has 3 rings (SSSR count). The van der Waals surface area contributed by atoms with E-state index < -0.39 is 0 Å². The third kappa shape index (κ3) is 2.30. The number of nitrogens with two attached hydrogens (primary N) is 1. The van der Waals surface area contributed by atoms with E-state index in [1.807, 2.05) is 6.92 Å². The van der Waals surface area contributed by atoms with Crippen LogP contribution in [0, 0.1) is 13.8 Å². The number of nitrogens with zero attached hydrogens (tertiary/aromatic N) is 1. The fourth-order valence-electron chi connectivity index (χ4n) is 2.57. The Morgan fingerprint density at radius 2 is 1.80 bits per heavy atom. The minimum atomic E-state index is 0.585. The first kappa shape index (κ1) is 12.8. The number of hydrogen-bond donors (Lipinski definition) is 1. The van der Waals surface area contributed by atoms with Gasteiger partial charge in [0, 0.05) is 17.6 Å². The third-order valence-corrected chi connectivity index (χ3v) is 3.67. The molecule has 0 aliphatic rings. The summed E-state index contributed by atoms with van der Waals surface area (Å²) < 4.78 is 0. The number of benzene rings is 2. The van der Waals surface area contributed by atoms with Gasteiger partial charge in [0.05, 0.1) is 5.52 Å². The van der Waals surface area contributed by atoms with Gasteiger partial charge >= 0.3 is 0 Å². The maximum Gasteiger partial charge on any atom is 0.0705 e. The van der Waals surface area contributed by atoms with Crippen molar-refractivity contribution in [3.8, 4) is 11.1 Å². The molecule has 0 spiro atoms. The number of rotatable bonds is 2. The Labute approximate surface area is 119 Å². The first-order valence-electron chi connectivity index (χ1n) is 6.85. The predicted octanol–water partition coefficient (Wildman–Crippen LogP) is 3.98. The summed E-state index contributed by atoms with van der Waals surface area (Å²) in [6.07, 6.45) is 0. The summed E-state index contributed by atoms with van der Waals surface area (Å²) in [6.45, 7) is 4.73. The summed E-state index contributed by atoms with van der Waals surface area (Å²) in [5.41, 5.74) is 12.7. The summed E-state index contributed by atoms with van der Waals surface area (Å²) in [5, 5.41) is 1.18. The Balaban J connectivity index is 2.12. The fourth-order valence-corrected chi connectivity index (χ4v) is 2.57. The van der Waals surface area contributed by atoms with Crippen molar-refractivity contribution in [3.05, 3.63) is 65.4 Å². The van der Waals surface area contributed by atoms with Crippen molar-refractivity contribution in [2.45, 2.75) is 20.4 Å². The lowest BCUT2D eigenvalue weighted by Crippen LogP contribution is -1.97. The van der Waals surface area contributed by atoms with Gasteiger partial charge in [-0.05, 0) is 54.3 Å². The van der Waals surface area contributed by atoms with Crippen LogP contribution in [0.15, 0.2) is 48.5 Å². The Kier molecular flexibility index (Phi) is 3.25. The highest BCUT2D eigenvalue weighted by atomic mass is 14.7. The molecule has 20 heavy (non-hydrogen) atoms. The molecule has 0 atom stereocenters. The minimum Gasteiger partial charge on any atom is -0.326 e. The zero-order valence-corrected chi connectivity index (χ0v) is 11.9. The number of aryl methyl sites for hydroxylation is 2.